The van der Waals surface area contributed by atoms with Crippen LogP contribution in [0.2, 0.25) is 0 Å². The number of nitrogens with zero attached hydrogens (tertiary/aromatic N) is 5. The maximum atomic E-state index is 13.9. The summed E-state index contributed by atoms with van der Waals surface area (Å²) in [6, 6.07) is 5.72. The monoisotopic (exact) mass is 543 g/mol. The first-order valence-electron chi connectivity index (χ1n) is 14.1. The zero-order valence-corrected chi connectivity index (χ0v) is 23.1. The molecule has 11 heteroatoms. The lowest BCUT2D eigenvalue weighted by Crippen LogP contribution is -2.40. The van der Waals surface area contributed by atoms with Crippen molar-refractivity contribution in [3.8, 4) is 11.5 Å². The number of nitrogens with one attached hydrogen (secondary N) is 2. The molecule has 2 N–H and O–H groups in total. The van der Waals surface area contributed by atoms with E-state index in [1.165, 1.54) is 0 Å². The van der Waals surface area contributed by atoms with E-state index in [1.54, 1.807) is 7.11 Å². The van der Waals surface area contributed by atoms with Crippen LogP contribution in [0.4, 0.5) is 26.4 Å². The van der Waals surface area contributed by atoms with Gasteiger partial charge in [-0.05, 0) is 44.8 Å². The van der Waals surface area contributed by atoms with E-state index in [2.05, 4.69) is 34.3 Å². The van der Waals surface area contributed by atoms with Gasteiger partial charge in [0.2, 0.25) is 5.95 Å². The largest absolute Gasteiger partial charge is 0.493 e. The van der Waals surface area contributed by atoms with Crippen LogP contribution >= 0.6 is 0 Å². The maximum absolute atomic E-state index is 13.9. The van der Waals surface area contributed by atoms with Gasteiger partial charge in [0, 0.05) is 61.6 Å². The van der Waals surface area contributed by atoms with Crippen LogP contribution in [0.1, 0.15) is 64.0 Å². The van der Waals surface area contributed by atoms with E-state index in [0.29, 0.717) is 47.1 Å². The zero-order chi connectivity index (χ0) is 27.4. The number of halogens is 2. The van der Waals surface area contributed by atoms with Crippen LogP contribution in [0, 0.1) is 0 Å². The molecule has 2 aromatic heterocycles. The first kappa shape index (κ1) is 27.4. The highest BCUT2D eigenvalue weighted by molar-refractivity contribution is 5.94. The van der Waals surface area contributed by atoms with E-state index in [4.69, 9.17) is 19.4 Å². The van der Waals surface area contributed by atoms with Crippen LogP contribution in [0.15, 0.2) is 18.2 Å². The summed E-state index contributed by atoms with van der Waals surface area (Å²) in [5.74, 6) is 0.673. The minimum atomic E-state index is -2.65. The molecule has 0 unspecified atom stereocenters. The molecule has 1 aromatic carbocycles. The second kappa shape index (κ2) is 11.9. The average molecular weight is 544 g/mol. The third kappa shape index (κ3) is 6.69. The minimum absolute atomic E-state index is 0.192. The van der Waals surface area contributed by atoms with Crippen molar-refractivity contribution in [3.63, 3.8) is 0 Å². The molecule has 1 saturated heterocycles. The molecule has 3 aromatic rings. The lowest BCUT2D eigenvalue weighted by Gasteiger charge is -2.32. The van der Waals surface area contributed by atoms with E-state index in [0.717, 1.165) is 56.4 Å². The van der Waals surface area contributed by atoms with Crippen molar-refractivity contribution in [2.24, 2.45) is 0 Å². The number of ether oxygens (including phenoxy) is 2. The van der Waals surface area contributed by atoms with Crippen LogP contribution in [-0.4, -0.2) is 77.4 Å². The first-order valence-corrected chi connectivity index (χ1v) is 14.1. The van der Waals surface area contributed by atoms with Crippen molar-refractivity contribution >= 4 is 28.5 Å². The van der Waals surface area contributed by atoms with Gasteiger partial charge in [0.15, 0.2) is 17.3 Å². The maximum Gasteiger partial charge on any atom is 0.251 e. The number of hydrogen-bond donors (Lipinski definition) is 2. The van der Waals surface area contributed by atoms with Crippen molar-refractivity contribution in [2.45, 2.75) is 64.2 Å². The van der Waals surface area contributed by atoms with Gasteiger partial charge in [-0.3, -0.25) is 5.10 Å². The molecule has 5 rings (SSSR count). The standard InChI is InChI=1S/C28H39F2N7O2/c1-4-11-36(5-2)12-6-15-39-24-17-22-20(16-23(24)38-3)26(32-25-18-21(34-35-25)19-7-8-19)33-27(31-22)37-13-9-28(29,30)10-14-37/h16-19H,4-15H2,1-3H3,(H2,31,32,33,34,35). The molecular weight excluding hydrogens is 504 g/mol. The number of alkyl halides is 2. The molecule has 1 saturated carbocycles. The molecule has 1 aliphatic carbocycles. The smallest absolute Gasteiger partial charge is 0.251 e. The van der Waals surface area contributed by atoms with Crippen LogP contribution < -0.4 is 19.7 Å². The quantitative estimate of drug-likeness (QED) is 0.265. The van der Waals surface area contributed by atoms with E-state index in [1.807, 2.05) is 23.1 Å². The third-order valence-electron chi connectivity index (χ3n) is 7.47. The molecule has 212 valence electrons. The summed E-state index contributed by atoms with van der Waals surface area (Å²) in [7, 11) is 1.61. The fraction of sp³-hybridized carbons (Fsp3) is 0.607. The lowest BCUT2D eigenvalue weighted by molar-refractivity contribution is -0.0222. The van der Waals surface area contributed by atoms with Gasteiger partial charge in [0.25, 0.3) is 5.92 Å². The number of methoxy groups -OCH3 is 1. The Kier molecular flexibility index (Phi) is 8.34. The summed E-state index contributed by atoms with van der Waals surface area (Å²) in [6.07, 6.45) is 3.91. The molecule has 0 spiro atoms. The molecule has 9 nitrogen and oxygen atoms in total. The molecular formula is C28H39F2N7O2. The Morgan fingerprint density at radius 3 is 2.59 bits per heavy atom. The number of aromatic amines is 1. The summed E-state index contributed by atoms with van der Waals surface area (Å²) in [4.78, 5) is 13.8. The highest BCUT2D eigenvalue weighted by atomic mass is 19.3. The number of H-pyrrole nitrogens is 1. The number of hydrogen-bond acceptors (Lipinski definition) is 8. The van der Waals surface area contributed by atoms with Crippen LogP contribution in [0.25, 0.3) is 10.9 Å². The summed E-state index contributed by atoms with van der Waals surface area (Å²) in [5.41, 5.74) is 1.75. The second-order valence-electron chi connectivity index (χ2n) is 10.5. The highest BCUT2D eigenvalue weighted by Crippen LogP contribution is 2.41. The molecule has 1 aliphatic heterocycles. The van der Waals surface area contributed by atoms with Gasteiger partial charge in [0.1, 0.15) is 5.82 Å². The van der Waals surface area contributed by atoms with E-state index >= 15 is 0 Å². The molecule has 0 amide bonds. The van der Waals surface area contributed by atoms with Crippen molar-refractivity contribution in [2.75, 3.05) is 56.7 Å². The molecule has 0 bridgehead atoms. The topological polar surface area (TPSA) is 91.4 Å². The first-order chi connectivity index (χ1) is 18.9. The van der Waals surface area contributed by atoms with E-state index in [9.17, 15) is 8.78 Å². The van der Waals surface area contributed by atoms with E-state index in [-0.39, 0.29) is 25.9 Å². The summed E-state index contributed by atoms with van der Waals surface area (Å²) in [5, 5.41) is 11.6. The molecule has 3 heterocycles. The van der Waals surface area contributed by atoms with Crippen molar-refractivity contribution in [1.82, 2.24) is 25.1 Å². The number of rotatable bonds is 13. The zero-order valence-electron chi connectivity index (χ0n) is 23.1. The summed E-state index contributed by atoms with van der Waals surface area (Å²) in [6.45, 7) is 8.34. The number of benzene rings is 1. The van der Waals surface area contributed by atoms with Gasteiger partial charge >= 0.3 is 0 Å². The Balaban J connectivity index is 1.42. The number of fused-ring (bicyclic) bond motifs is 1. The van der Waals surface area contributed by atoms with Gasteiger partial charge in [-0.25, -0.2) is 13.8 Å². The Hall–Kier alpha value is -3.21. The van der Waals surface area contributed by atoms with Gasteiger partial charge in [-0.2, -0.15) is 10.1 Å². The molecule has 0 radical (unpaired) electrons. The lowest BCUT2D eigenvalue weighted by atomic mass is 10.1. The molecule has 39 heavy (non-hydrogen) atoms. The van der Waals surface area contributed by atoms with E-state index < -0.39 is 5.92 Å². The van der Waals surface area contributed by atoms with Gasteiger partial charge < -0.3 is 24.6 Å². The summed E-state index contributed by atoms with van der Waals surface area (Å²) >= 11 is 0. The van der Waals surface area contributed by atoms with Crippen LogP contribution in [-0.2, 0) is 0 Å². The predicted octanol–water partition coefficient (Wildman–Crippen LogP) is 5.72. The highest BCUT2D eigenvalue weighted by Gasteiger charge is 2.35. The average Bonchev–Trinajstić information content (AvgIpc) is 3.68. The molecule has 2 aliphatic rings. The van der Waals surface area contributed by atoms with Gasteiger partial charge in [-0.1, -0.05) is 13.8 Å². The predicted molar refractivity (Wildman–Crippen MR) is 149 cm³/mol. The van der Waals surface area contributed by atoms with Crippen molar-refractivity contribution in [3.05, 3.63) is 23.9 Å². The third-order valence-corrected chi connectivity index (χ3v) is 7.47. The molecule has 0 atom stereocenters. The van der Waals surface area contributed by atoms with Gasteiger partial charge in [-0.15, -0.1) is 0 Å². The van der Waals surface area contributed by atoms with Crippen LogP contribution in [0.5, 0.6) is 11.5 Å². The van der Waals surface area contributed by atoms with Crippen molar-refractivity contribution < 1.29 is 18.3 Å². The Morgan fingerprint density at radius 1 is 1.10 bits per heavy atom. The molecule has 2 fully saturated rings. The summed E-state index contributed by atoms with van der Waals surface area (Å²) < 4.78 is 39.6. The minimum Gasteiger partial charge on any atom is -0.493 e. The number of piperidine rings is 1. The Morgan fingerprint density at radius 2 is 1.90 bits per heavy atom. The SMILES string of the molecule is CCCN(CC)CCCOc1cc2nc(N3CCC(F)(F)CC3)nc(Nc3cc(C4CC4)[nH]n3)c2cc1OC. The fourth-order valence-corrected chi connectivity index (χ4v) is 5.01. The normalized spacial score (nSPS) is 17.1. The Labute approximate surface area is 228 Å². The Bertz CT molecular complexity index is 1250. The van der Waals surface area contributed by atoms with Crippen LogP contribution in [0.3, 0.4) is 0 Å². The second-order valence-corrected chi connectivity index (χ2v) is 10.5. The van der Waals surface area contributed by atoms with Gasteiger partial charge in [0.05, 0.1) is 19.2 Å². The number of anilines is 3. The number of aromatic nitrogens is 4. The fourth-order valence-electron chi connectivity index (χ4n) is 5.01. The van der Waals surface area contributed by atoms with Crippen molar-refractivity contribution in [1.29, 1.82) is 0 Å².